The number of ether oxygens (including phenoxy) is 2. The molecule has 1 aromatic rings. The lowest BCUT2D eigenvalue weighted by molar-refractivity contribution is -0.119. The number of carbonyl (C=O) groups is 1. The Hall–Kier alpha value is -1.71. The van der Waals surface area contributed by atoms with Crippen LogP contribution in [0.4, 0.5) is 5.69 Å². The highest BCUT2D eigenvalue weighted by molar-refractivity contribution is 14.0. The van der Waals surface area contributed by atoms with Crippen LogP contribution in [-0.2, 0) is 4.79 Å². The van der Waals surface area contributed by atoms with E-state index in [1.807, 2.05) is 25.1 Å². The topological polar surface area (TPSA) is 84.0 Å². The number of anilines is 1. The smallest absolute Gasteiger partial charge is 0.242 e. The molecular formula is C16H25IN4O3. The number of halogens is 1. The molecule has 0 unspecified atom stereocenters. The van der Waals surface area contributed by atoms with Gasteiger partial charge in [0.1, 0.15) is 6.54 Å². The Bertz CT molecular complexity index is 576. The summed E-state index contributed by atoms with van der Waals surface area (Å²) < 4.78 is 10.5. The van der Waals surface area contributed by atoms with Crippen LogP contribution in [0.3, 0.4) is 0 Å². The third kappa shape index (κ3) is 6.42. The van der Waals surface area contributed by atoms with Gasteiger partial charge in [-0.15, -0.1) is 24.0 Å². The average Bonchev–Trinajstić information content (AvgIpc) is 3.36. The molecule has 7 nitrogen and oxygen atoms in total. The maximum Gasteiger partial charge on any atom is 0.242 e. The average molecular weight is 448 g/mol. The molecule has 0 saturated heterocycles. The fraction of sp³-hybridized carbons (Fsp3) is 0.500. The molecule has 1 fully saturated rings. The lowest BCUT2D eigenvalue weighted by atomic mass is 10.3. The Kier molecular flexibility index (Phi) is 8.66. The van der Waals surface area contributed by atoms with Gasteiger partial charge in [0, 0.05) is 24.3 Å². The fourth-order valence-electron chi connectivity index (χ4n) is 2.01. The summed E-state index contributed by atoms with van der Waals surface area (Å²) in [7, 11) is 3.18. The van der Waals surface area contributed by atoms with Crippen molar-refractivity contribution in [2.24, 2.45) is 4.99 Å². The number of rotatable bonds is 7. The van der Waals surface area contributed by atoms with E-state index in [9.17, 15) is 4.79 Å². The number of guanidine groups is 1. The van der Waals surface area contributed by atoms with Crippen LogP contribution < -0.4 is 25.4 Å². The van der Waals surface area contributed by atoms with Crippen LogP contribution in [0.2, 0.25) is 0 Å². The summed E-state index contributed by atoms with van der Waals surface area (Å²) >= 11 is 0. The third-order valence-corrected chi connectivity index (χ3v) is 3.31. The number of methoxy groups -OCH3 is 2. The van der Waals surface area contributed by atoms with Crippen molar-refractivity contribution >= 4 is 41.5 Å². The minimum Gasteiger partial charge on any atom is -0.493 e. The van der Waals surface area contributed by atoms with Crippen molar-refractivity contribution in [3.05, 3.63) is 18.2 Å². The van der Waals surface area contributed by atoms with E-state index in [2.05, 4.69) is 20.9 Å². The molecule has 0 aromatic heterocycles. The molecule has 1 saturated carbocycles. The van der Waals surface area contributed by atoms with Gasteiger partial charge < -0.3 is 25.4 Å². The minimum absolute atomic E-state index is 0. The van der Waals surface area contributed by atoms with Crippen molar-refractivity contribution in [2.45, 2.75) is 25.8 Å². The minimum atomic E-state index is -0.0583. The summed E-state index contributed by atoms with van der Waals surface area (Å²) in [5, 5.41) is 9.17. The summed E-state index contributed by atoms with van der Waals surface area (Å²) in [6.07, 6.45) is 2.14. The van der Waals surface area contributed by atoms with Crippen molar-refractivity contribution < 1.29 is 14.3 Å². The van der Waals surface area contributed by atoms with Crippen LogP contribution in [0.5, 0.6) is 11.5 Å². The summed E-state index contributed by atoms with van der Waals surface area (Å²) in [5.74, 6) is 1.77. The first kappa shape index (κ1) is 20.3. The van der Waals surface area contributed by atoms with E-state index in [-0.39, 0.29) is 36.4 Å². The van der Waals surface area contributed by atoms with E-state index in [4.69, 9.17) is 9.47 Å². The van der Waals surface area contributed by atoms with Crippen LogP contribution in [0.25, 0.3) is 0 Å². The molecule has 0 heterocycles. The number of amides is 1. The zero-order valence-electron chi connectivity index (χ0n) is 14.2. The van der Waals surface area contributed by atoms with Gasteiger partial charge in [0.2, 0.25) is 5.91 Å². The zero-order valence-corrected chi connectivity index (χ0v) is 16.5. The monoisotopic (exact) mass is 448 g/mol. The number of hydrogen-bond acceptors (Lipinski definition) is 4. The molecule has 3 N–H and O–H groups in total. The zero-order chi connectivity index (χ0) is 16.7. The van der Waals surface area contributed by atoms with Gasteiger partial charge in [-0.1, -0.05) is 0 Å². The first-order chi connectivity index (χ1) is 11.2. The molecule has 2 rings (SSSR count). The third-order valence-electron chi connectivity index (χ3n) is 3.31. The molecule has 0 bridgehead atoms. The Morgan fingerprint density at radius 1 is 1.25 bits per heavy atom. The molecule has 8 heteroatoms. The van der Waals surface area contributed by atoms with E-state index in [1.165, 1.54) is 0 Å². The standard InChI is InChI=1S/C16H24N4O3.HI/c1-4-17-16(18-10-15(21)19-11-5-6-11)20-12-7-8-13(22-2)14(9-12)23-3;/h7-9,11H,4-6,10H2,1-3H3,(H,19,21)(H2,17,18,20);1H. The molecule has 134 valence electrons. The van der Waals surface area contributed by atoms with Gasteiger partial charge in [0.25, 0.3) is 0 Å². The number of benzene rings is 1. The summed E-state index contributed by atoms with van der Waals surface area (Å²) in [6, 6.07) is 5.83. The number of aliphatic imine (C=N–C) groups is 1. The highest BCUT2D eigenvalue weighted by Crippen LogP contribution is 2.29. The molecule has 1 aliphatic rings. The number of carbonyl (C=O) groups excluding carboxylic acids is 1. The quantitative estimate of drug-likeness (QED) is 0.338. The molecule has 0 spiro atoms. The molecule has 1 aliphatic carbocycles. The molecule has 0 atom stereocenters. The van der Waals surface area contributed by atoms with E-state index in [1.54, 1.807) is 14.2 Å². The lowest BCUT2D eigenvalue weighted by Crippen LogP contribution is -2.33. The Balaban J connectivity index is 0.00000288. The normalized spacial score (nSPS) is 13.5. The van der Waals surface area contributed by atoms with Crippen molar-refractivity contribution in [3.63, 3.8) is 0 Å². The van der Waals surface area contributed by atoms with Gasteiger partial charge in [-0.25, -0.2) is 4.99 Å². The predicted molar refractivity (Wildman–Crippen MR) is 106 cm³/mol. The van der Waals surface area contributed by atoms with Gasteiger partial charge >= 0.3 is 0 Å². The number of nitrogens with zero attached hydrogens (tertiary/aromatic N) is 1. The lowest BCUT2D eigenvalue weighted by Gasteiger charge is -2.13. The Morgan fingerprint density at radius 3 is 2.54 bits per heavy atom. The van der Waals surface area contributed by atoms with Gasteiger partial charge in [-0.2, -0.15) is 0 Å². The molecule has 0 radical (unpaired) electrons. The van der Waals surface area contributed by atoms with Gasteiger partial charge in [0.05, 0.1) is 14.2 Å². The SMILES string of the molecule is CCNC(=NCC(=O)NC1CC1)Nc1ccc(OC)c(OC)c1.I. The van der Waals surface area contributed by atoms with Crippen molar-refractivity contribution in [1.82, 2.24) is 10.6 Å². The summed E-state index contributed by atoms with van der Waals surface area (Å²) in [6.45, 7) is 2.76. The number of nitrogens with one attached hydrogen (secondary N) is 3. The van der Waals surface area contributed by atoms with Crippen molar-refractivity contribution in [1.29, 1.82) is 0 Å². The Labute approximate surface area is 159 Å². The largest absolute Gasteiger partial charge is 0.493 e. The van der Waals surface area contributed by atoms with E-state index in [0.717, 1.165) is 18.5 Å². The van der Waals surface area contributed by atoms with Crippen LogP contribution in [0.15, 0.2) is 23.2 Å². The van der Waals surface area contributed by atoms with Crippen LogP contribution in [-0.4, -0.2) is 45.2 Å². The van der Waals surface area contributed by atoms with Gasteiger partial charge in [-0.05, 0) is 31.9 Å². The van der Waals surface area contributed by atoms with Crippen LogP contribution >= 0.6 is 24.0 Å². The fourth-order valence-corrected chi connectivity index (χ4v) is 2.01. The molecule has 24 heavy (non-hydrogen) atoms. The summed E-state index contributed by atoms with van der Waals surface area (Å²) in [5.41, 5.74) is 0.796. The van der Waals surface area contributed by atoms with Crippen LogP contribution in [0, 0.1) is 0 Å². The van der Waals surface area contributed by atoms with Gasteiger partial charge in [0.15, 0.2) is 17.5 Å². The molecular weight excluding hydrogens is 423 g/mol. The summed E-state index contributed by atoms with van der Waals surface area (Å²) in [4.78, 5) is 16.0. The second-order valence-corrected chi connectivity index (χ2v) is 5.23. The van der Waals surface area contributed by atoms with Crippen molar-refractivity contribution in [2.75, 3.05) is 32.6 Å². The second-order valence-electron chi connectivity index (χ2n) is 5.23. The molecule has 1 aromatic carbocycles. The van der Waals surface area contributed by atoms with Gasteiger partial charge in [-0.3, -0.25) is 4.79 Å². The maximum atomic E-state index is 11.7. The van der Waals surface area contributed by atoms with Crippen LogP contribution in [0.1, 0.15) is 19.8 Å². The maximum absolute atomic E-state index is 11.7. The molecule has 1 amide bonds. The Morgan fingerprint density at radius 2 is 1.96 bits per heavy atom. The first-order valence-electron chi connectivity index (χ1n) is 7.73. The highest BCUT2D eigenvalue weighted by atomic mass is 127. The van der Waals surface area contributed by atoms with E-state index >= 15 is 0 Å². The molecule has 0 aliphatic heterocycles. The number of hydrogen-bond donors (Lipinski definition) is 3. The second kappa shape index (κ2) is 10.2. The first-order valence-corrected chi connectivity index (χ1v) is 7.73. The highest BCUT2D eigenvalue weighted by Gasteiger charge is 2.22. The van der Waals surface area contributed by atoms with Crippen molar-refractivity contribution in [3.8, 4) is 11.5 Å². The van der Waals surface area contributed by atoms with E-state index < -0.39 is 0 Å². The predicted octanol–water partition coefficient (Wildman–Crippen LogP) is 1.98. The van der Waals surface area contributed by atoms with E-state index in [0.29, 0.717) is 30.0 Å².